The smallest absolute Gasteiger partial charge is 0.434 e. The number of hydrogen-bond acceptors (Lipinski definition) is 4. The Kier molecular flexibility index (Phi) is 9.30. The van der Waals surface area contributed by atoms with E-state index in [4.69, 9.17) is 4.74 Å². The third-order valence-electron chi connectivity index (χ3n) is 3.62. The molecule has 1 heterocycles. The Balaban J connectivity index is 0.00000364. The first-order valence-corrected chi connectivity index (χ1v) is 8.77. The van der Waals surface area contributed by atoms with Crippen molar-refractivity contribution in [2.45, 2.75) is 19.1 Å². The van der Waals surface area contributed by atoms with Gasteiger partial charge in [0.2, 0.25) is 0 Å². The van der Waals surface area contributed by atoms with E-state index in [-0.39, 0.29) is 24.0 Å². The largest absolute Gasteiger partial charge is 0.497 e. The highest BCUT2D eigenvalue weighted by atomic mass is 127. The van der Waals surface area contributed by atoms with Crippen molar-refractivity contribution in [3.63, 3.8) is 0 Å². The van der Waals surface area contributed by atoms with Crippen LogP contribution in [0.15, 0.2) is 34.6 Å². The number of nitrogens with one attached hydrogen (secondary N) is 1. The van der Waals surface area contributed by atoms with E-state index >= 15 is 0 Å². The second kappa shape index (κ2) is 10.7. The molecule has 0 saturated heterocycles. The fourth-order valence-corrected chi connectivity index (χ4v) is 3.11. The Bertz CT molecular complexity index is 735. The molecule has 0 unspecified atom stereocenters. The minimum Gasteiger partial charge on any atom is -0.497 e. The van der Waals surface area contributed by atoms with Crippen molar-refractivity contribution in [2.75, 3.05) is 27.7 Å². The molecule has 2 aromatic rings. The maximum atomic E-state index is 12.6. The number of alkyl halides is 3. The van der Waals surface area contributed by atoms with Gasteiger partial charge in [0.15, 0.2) is 11.7 Å². The van der Waals surface area contributed by atoms with Crippen LogP contribution < -0.4 is 10.1 Å². The summed E-state index contributed by atoms with van der Waals surface area (Å²) in [4.78, 5) is 9.76. The van der Waals surface area contributed by atoms with E-state index in [1.54, 1.807) is 14.2 Å². The zero-order valence-corrected chi connectivity index (χ0v) is 18.4. The van der Waals surface area contributed by atoms with Gasteiger partial charge in [0.25, 0.3) is 0 Å². The molecule has 0 fully saturated rings. The van der Waals surface area contributed by atoms with Gasteiger partial charge < -0.3 is 15.0 Å². The molecule has 0 bridgehead atoms. The molecule has 0 spiro atoms. The van der Waals surface area contributed by atoms with Crippen LogP contribution >= 0.6 is 35.3 Å². The molecular formula is C17H22F3IN4OS. The number of halogens is 4. The van der Waals surface area contributed by atoms with Gasteiger partial charge >= 0.3 is 6.18 Å². The van der Waals surface area contributed by atoms with Gasteiger partial charge in [0.1, 0.15) is 5.75 Å². The number of guanidine groups is 1. The minimum absolute atomic E-state index is 0. The van der Waals surface area contributed by atoms with Crippen molar-refractivity contribution in [1.82, 2.24) is 15.2 Å². The lowest BCUT2D eigenvalue weighted by Crippen LogP contribution is -2.39. The van der Waals surface area contributed by atoms with Crippen molar-refractivity contribution in [1.29, 1.82) is 0 Å². The van der Waals surface area contributed by atoms with Crippen LogP contribution in [0.25, 0.3) is 0 Å². The van der Waals surface area contributed by atoms with E-state index in [1.165, 1.54) is 0 Å². The lowest BCUT2D eigenvalue weighted by atomic mass is 10.2. The SMILES string of the molecule is CN=C(NCCc1nc(C(F)(F)F)cs1)N(C)Cc1ccc(OC)cc1.I. The molecule has 10 heteroatoms. The maximum Gasteiger partial charge on any atom is 0.434 e. The molecule has 0 aliphatic heterocycles. The molecule has 1 aromatic heterocycles. The van der Waals surface area contributed by atoms with Gasteiger partial charge in [-0.2, -0.15) is 13.2 Å². The van der Waals surface area contributed by atoms with Gasteiger partial charge in [-0.25, -0.2) is 4.98 Å². The number of hydrogen-bond donors (Lipinski definition) is 1. The lowest BCUT2D eigenvalue weighted by molar-refractivity contribution is -0.140. The van der Waals surface area contributed by atoms with Crippen LogP contribution in [0.2, 0.25) is 0 Å². The first kappa shape index (κ1) is 23.5. The number of ether oxygens (including phenoxy) is 1. The zero-order chi connectivity index (χ0) is 19.2. The van der Waals surface area contributed by atoms with E-state index in [0.717, 1.165) is 28.0 Å². The van der Waals surface area contributed by atoms with Crippen molar-refractivity contribution in [2.24, 2.45) is 4.99 Å². The number of aromatic nitrogens is 1. The predicted octanol–water partition coefficient (Wildman–Crippen LogP) is 4.04. The highest BCUT2D eigenvalue weighted by Gasteiger charge is 2.33. The van der Waals surface area contributed by atoms with Crippen molar-refractivity contribution < 1.29 is 17.9 Å². The number of thiazole rings is 1. The van der Waals surface area contributed by atoms with Gasteiger partial charge in [-0.3, -0.25) is 4.99 Å². The molecule has 0 radical (unpaired) electrons. The normalized spacial score (nSPS) is 11.7. The standard InChI is InChI=1S/C17H21F3N4OS.HI/c1-21-16(24(2)10-12-4-6-13(25-3)7-5-12)22-9-8-15-23-14(11-26-15)17(18,19)20;/h4-7,11H,8-10H2,1-3H3,(H,21,22);1H. The summed E-state index contributed by atoms with van der Waals surface area (Å²) in [5.41, 5.74) is 0.254. The van der Waals surface area contributed by atoms with Gasteiger partial charge in [-0.15, -0.1) is 35.3 Å². The van der Waals surface area contributed by atoms with Gasteiger partial charge in [-0.05, 0) is 17.7 Å². The van der Waals surface area contributed by atoms with E-state index < -0.39 is 11.9 Å². The van der Waals surface area contributed by atoms with Gasteiger partial charge in [0.05, 0.1) is 12.1 Å². The second-order valence-corrected chi connectivity index (χ2v) is 6.50. The van der Waals surface area contributed by atoms with Crippen LogP contribution in [-0.4, -0.2) is 43.6 Å². The average Bonchev–Trinajstić information content (AvgIpc) is 3.08. The average molecular weight is 514 g/mol. The summed E-state index contributed by atoms with van der Waals surface area (Å²) >= 11 is 1.01. The van der Waals surface area contributed by atoms with Crippen LogP contribution in [0.4, 0.5) is 13.2 Å². The Morgan fingerprint density at radius 2 is 1.96 bits per heavy atom. The number of nitrogens with zero attached hydrogens (tertiary/aromatic N) is 3. The van der Waals surface area contributed by atoms with Gasteiger partial charge in [0, 0.05) is 39.0 Å². The summed E-state index contributed by atoms with van der Waals surface area (Å²) in [6.45, 7) is 1.09. The Morgan fingerprint density at radius 1 is 1.30 bits per heavy atom. The Morgan fingerprint density at radius 3 is 2.48 bits per heavy atom. The topological polar surface area (TPSA) is 49.8 Å². The second-order valence-electron chi connectivity index (χ2n) is 5.55. The van der Waals surface area contributed by atoms with Gasteiger partial charge in [-0.1, -0.05) is 12.1 Å². The van der Waals surface area contributed by atoms with Crippen molar-refractivity contribution >= 4 is 41.3 Å². The molecule has 0 atom stereocenters. The summed E-state index contributed by atoms with van der Waals surface area (Å²) in [6, 6.07) is 7.72. The molecule has 1 aromatic carbocycles. The zero-order valence-electron chi connectivity index (χ0n) is 15.2. The quantitative estimate of drug-likeness (QED) is 0.360. The van der Waals surface area contributed by atoms with Crippen LogP contribution in [0.5, 0.6) is 5.75 Å². The molecule has 27 heavy (non-hydrogen) atoms. The molecule has 0 amide bonds. The molecule has 5 nitrogen and oxygen atoms in total. The third kappa shape index (κ3) is 7.17. The first-order chi connectivity index (χ1) is 12.3. The van der Waals surface area contributed by atoms with E-state index in [9.17, 15) is 13.2 Å². The van der Waals surface area contributed by atoms with Crippen molar-refractivity contribution in [3.8, 4) is 5.75 Å². The van der Waals surface area contributed by atoms with E-state index in [0.29, 0.717) is 30.5 Å². The monoisotopic (exact) mass is 514 g/mol. The molecule has 1 N–H and O–H groups in total. The Hall–Kier alpha value is -1.56. The third-order valence-corrected chi connectivity index (χ3v) is 4.52. The van der Waals surface area contributed by atoms with Crippen LogP contribution in [-0.2, 0) is 19.1 Å². The maximum absolute atomic E-state index is 12.6. The van der Waals surface area contributed by atoms with Crippen LogP contribution in [0, 0.1) is 0 Å². The number of benzene rings is 1. The van der Waals surface area contributed by atoms with E-state index in [1.807, 2.05) is 36.2 Å². The fourth-order valence-electron chi connectivity index (χ4n) is 2.30. The number of aliphatic imine (C=N–C) groups is 1. The summed E-state index contributed by atoms with van der Waals surface area (Å²) in [5, 5.41) is 4.63. The molecule has 0 saturated carbocycles. The number of rotatable bonds is 6. The molecule has 150 valence electrons. The predicted molar refractivity (Wildman–Crippen MR) is 112 cm³/mol. The van der Waals surface area contributed by atoms with Crippen LogP contribution in [0.1, 0.15) is 16.3 Å². The molecule has 0 aliphatic carbocycles. The molecular weight excluding hydrogens is 492 g/mol. The fraction of sp³-hybridized carbons (Fsp3) is 0.412. The summed E-state index contributed by atoms with van der Waals surface area (Å²) in [5.74, 6) is 1.45. The van der Waals surface area contributed by atoms with E-state index in [2.05, 4.69) is 15.3 Å². The highest BCUT2D eigenvalue weighted by molar-refractivity contribution is 14.0. The first-order valence-electron chi connectivity index (χ1n) is 7.89. The lowest BCUT2D eigenvalue weighted by Gasteiger charge is -2.22. The molecule has 2 rings (SSSR count). The summed E-state index contributed by atoms with van der Waals surface area (Å²) in [6.07, 6.45) is -3.99. The highest BCUT2D eigenvalue weighted by Crippen LogP contribution is 2.30. The molecule has 0 aliphatic rings. The summed E-state index contributed by atoms with van der Waals surface area (Å²) in [7, 11) is 5.18. The Labute approximate surface area is 177 Å². The van der Waals surface area contributed by atoms with Crippen LogP contribution in [0.3, 0.4) is 0 Å². The number of methoxy groups -OCH3 is 1. The minimum atomic E-state index is -4.39. The summed E-state index contributed by atoms with van der Waals surface area (Å²) < 4.78 is 42.8. The van der Waals surface area contributed by atoms with Crippen molar-refractivity contribution in [3.05, 3.63) is 45.9 Å².